The maximum atomic E-state index is 13.7. The Morgan fingerprint density at radius 2 is 1.57 bits per heavy atom. The Labute approximate surface area is 229 Å². The quantitative estimate of drug-likeness (QED) is 0.262. The van der Waals surface area contributed by atoms with Crippen LogP contribution in [0.3, 0.4) is 0 Å². The number of hydrogen-bond acceptors (Lipinski definition) is 3. The van der Waals surface area contributed by atoms with E-state index in [0.29, 0.717) is 35.1 Å². The molecule has 7 heteroatoms. The summed E-state index contributed by atoms with van der Waals surface area (Å²) in [5, 5.41) is 3.89. The first-order chi connectivity index (χ1) is 17.7. The van der Waals surface area contributed by atoms with Crippen molar-refractivity contribution in [2.75, 3.05) is 6.61 Å². The molecule has 1 atom stereocenters. The maximum absolute atomic E-state index is 13.7. The Hall–Kier alpha value is -3.02. The second-order valence-electron chi connectivity index (χ2n) is 9.36. The number of nitrogens with one attached hydrogen (secondary N) is 1. The SMILES string of the molecule is Cc1ccc(OCCCC(=O)N(Cc2c(Cl)cccc2Cl)[C@@H](Cc2ccccc2)C(=O)NC(C)C)cc1. The molecule has 0 bridgehead atoms. The van der Waals surface area contributed by atoms with Gasteiger partial charge in [0.2, 0.25) is 11.8 Å². The van der Waals surface area contributed by atoms with Gasteiger partial charge in [-0.25, -0.2) is 0 Å². The van der Waals surface area contributed by atoms with Crippen molar-refractivity contribution in [1.29, 1.82) is 0 Å². The van der Waals surface area contributed by atoms with Gasteiger partial charge in [-0.1, -0.05) is 77.3 Å². The van der Waals surface area contributed by atoms with Crippen molar-refractivity contribution in [3.63, 3.8) is 0 Å². The van der Waals surface area contributed by atoms with Gasteiger partial charge in [0.25, 0.3) is 0 Å². The summed E-state index contributed by atoms with van der Waals surface area (Å²) in [6.45, 7) is 6.33. The number of benzene rings is 3. The van der Waals surface area contributed by atoms with Crippen LogP contribution in [0.15, 0.2) is 72.8 Å². The highest BCUT2D eigenvalue weighted by molar-refractivity contribution is 6.36. The normalized spacial score (nSPS) is 11.7. The number of ether oxygens (including phenoxy) is 1. The Bertz CT molecular complexity index is 1150. The fraction of sp³-hybridized carbons (Fsp3) is 0.333. The highest BCUT2D eigenvalue weighted by atomic mass is 35.5. The summed E-state index contributed by atoms with van der Waals surface area (Å²) in [7, 11) is 0. The summed E-state index contributed by atoms with van der Waals surface area (Å²) < 4.78 is 5.81. The third kappa shape index (κ3) is 8.80. The van der Waals surface area contributed by atoms with Gasteiger partial charge >= 0.3 is 0 Å². The first-order valence-electron chi connectivity index (χ1n) is 12.5. The molecule has 0 saturated heterocycles. The van der Waals surface area contributed by atoms with E-state index < -0.39 is 6.04 Å². The van der Waals surface area contributed by atoms with Crippen LogP contribution in [0.25, 0.3) is 0 Å². The number of hydrogen-bond donors (Lipinski definition) is 1. The molecule has 0 spiro atoms. The molecule has 1 N–H and O–H groups in total. The zero-order chi connectivity index (χ0) is 26.8. The van der Waals surface area contributed by atoms with Gasteiger partial charge in [0.1, 0.15) is 11.8 Å². The number of nitrogens with zero attached hydrogens (tertiary/aromatic N) is 1. The van der Waals surface area contributed by atoms with Gasteiger partial charge < -0.3 is 15.0 Å². The van der Waals surface area contributed by atoms with E-state index in [2.05, 4.69) is 5.32 Å². The molecule has 0 heterocycles. The monoisotopic (exact) mass is 540 g/mol. The summed E-state index contributed by atoms with van der Waals surface area (Å²) in [6, 6.07) is 21.9. The molecular formula is C30H34Cl2N2O3. The summed E-state index contributed by atoms with van der Waals surface area (Å²) in [6.07, 6.45) is 1.09. The number of carbonyl (C=O) groups is 2. The van der Waals surface area contributed by atoms with E-state index in [-0.39, 0.29) is 30.8 Å². The van der Waals surface area contributed by atoms with Crippen LogP contribution in [-0.4, -0.2) is 35.4 Å². The van der Waals surface area contributed by atoms with Crippen molar-refractivity contribution in [3.05, 3.63) is 99.5 Å². The molecule has 2 amide bonds. The van der Waals surface area contributed by atoms with Crippen molar-refractivity contribution >= 4 is 35.0 Å². The van der Waals surface area contributed by atoms with E-state index in [1.807, 2.05) is 75.4 Å². The van der Waals surface area contributed by atoms with E-state index in [4.69, 9.17) is 27.9 Å². The van der Waals surface area contributed by atoms with Crippen LogP contribution >= 0.6 is 23.2 Å². The van der Waals surface area contributed by atoms with Gasteiger partial charge in [0.05, 0.1) is 6.61 Å². The number of halogens is 2. The summed E-state index contributed by atoms with van der Waals surface area (Å²) in [5.74, 6) is 0.380. The first-order valence-corrected chi connectivity index (χ1v) is 13.3. The first kappa shape index (κ1) is 28.5. The second-order valence-corrected chi connectivity index (χ2v) is 10.2. The summed E-state index contributed by atoms with van der Waals surface area (Å²) >= 11 is 12.9. The van der Waals surface area contributed by atoms with E-state index in [1.54, 1.807) is 23.1 Å². The fourth-order valence-corrected chi connectivity index (χ4v) is 4.50. The molecule has 3 rings (SSSR count). The minimum Gasteiger partial charge on any atom is -0.494 e. The zero-order valence-electron chi connectivity index (χ0n) is 21.5. The van der Waals surface area contributed by atoms with Gasteiger partial charge in [-0.05, 0) is 57.0 Å². The van der Waals surface area contributed by atoms with Crippen LogP contribution in [0.5, 0.6) is 5.75 Å². The van der Waals surface area contributed by atoms with Crippen molar-refractivity contribution < 1.29 is 14.3 Å². The number of rotatable bonds is 12. The minimum atomic E-state index is -0.734. The van der Waals surface area contributed by atoms with Crippen LogP contribution in [0.1, 0.15) is 43.4 Å². The summed E-state index contributed by atoms with van der Waals surface area (Å²) in [5.41, 5.74) is 2.73. The Morgan fingerprint density at radius 1 is 0.919 bits per heavy atom. The molecule has 0 saturated carbocycles. The second kappa shape index (κ2) is 14.1. The molecule has 0 aromatic heterocycles. The third-order valence-electron chi connectivity index (χ3n) is 5.92. The molecule has 0 fully saturated rings. The minimum absolute atomic E-state index is 0.0745. The topological polar surface area (TPSA) is 58.6 Å². The maximum Gasteiger partial charge on any atom is 0.243 e. The molecule has 0 aliphatic heterocycles. The van der Waals surface area contributed by atoms with Gasteiger partial charge in [-0.15, -0.1) is 0 Å². The molecule has 5 nitrogen and oxygen atoms in total. The highest BCUT2D eigenvalue weighted by Crippen LogP contribution is 2.27. The number of amides is 2. The molecule has 0 radical (unpaired) electrons. The largest absolute Gasteiger partial charge is 0.494 e. The Kier molecular flexibility index (Phi) is 10.8. The van der Waals surface area contributed by atoms with E-state index in [1.165, 1.54) is 0 Å². The lowest BCUT2D eigenvalue weighted by molar-refractivity contribution is -0.141. The average molecular weight is 542 g/mol. The molecule has 0 aliphatic rings. The van der Waals surface area contributed by atoms with Gasteiger partial charge in [0.15, 0.2) is 0 Å². The van der Waals surface area contributed by atoms with Crippen molar-refractivity contribution in [1.82, 2.24) is 10.2 Å². The van der Waals surface area contributed by atoms with Gasteiger partial charge in [0, 0.05) is 41.0 Å². The standard InChI is InChI=1S/C30H34Cl2N2O3/c1-21(2)33-30(36)28(19-23-9-5-4-6-10-23)34(20-25-26(31)11-7-12-27(25)32)29(35)13-8-18-37-24-16-14-22(3)15-17-24/h4-7,9-12,14-17,21,28H,8,13,18-20H2,1-3H3,(H,33,36)/t28-/m0/s1. The van der Waals surface area contributed by atoms with Crippen LogP contribution in [0.4, 0.5) is 0 Å². The highest BCUT2D eigenvalue weighted by Gasteiger charge is 2.31. The molecule has 37 heavy (non-hydrogen) atoms. The van der Waals surface area contributed by atoms with Crippen LogP contribution in [0.2, 0.25) is 10.0 Å². The van der Waals surface area contributed by atoms with E-state index in [0.717, 1.165) is 16.9 Å². The van der Waals surface area contributed by atoms with Crippen LogP contribution in [0, 0.1) is 6.92 Å². The summed E-state index contributed by atoms with van der Waals surface area (Å²) in [4.78, 5) is 28.7. The van der Waals surface area contributed by atoms with Crippen molar-refractivity contribution in [2.24, 2.45) is 0 Å². The molecule has 3 aromatic carbocycles. The molecule has 0 unspecified atom stereocenters. The van der Waals surface area contributed by atoms with E-state index >= 15 is 0 Å². The fourth-order valence-electron chi connectivity index (χ4n) is 3.98. The smallest absolute Gasteiger partial charge is 0.243 e. The Balaban J connectivity index is 1.83. The van der Waals surface area contributed by atoms with Crippen LogP contribution < -0.4 is 10.1 Å². The molecule has 3 aromatic rings. The van der Waals surface area contributed by atoms with Gasteiger partial charge in [-0.3, -0.25) is 9.59 Å². The predicted molar refractivity (Wildman–Crippen MR) is 150 cm³/mol. The predicted octanol–water partition coefficient (Wildman–Crippen LogP) is 6.63. The van der Waals surface area contributed by atoms with Gasteiger partial charge in [-0.2, -0.15) is 0 Å². The Morgan fingerprint density at radius 3 is 2.19 bits per heavy atom. The lowest BCUT2D eigenvalue weighted by atomic mass is 10.0. The molecular weight excluding hydrogens is 507 g/mol. The lowest BCUT2D eigenvalue weighted by Crippen LogP contribution is -2.51. The zero-order valence-corrected chi connectivity index (χ0v) is 23.1. The van der Waals surface area contributed by atoms with Crippen molar-refractivity contribution in [2.45, 2.75) is 58.7 Å². The third-order valence-corrected chi connectivity index (χ3v) is 6.63. The van der Waals surface area contributed by atoms with Crippen LogP contribution in [-0.2, 0) is 22.6 Å². The molecule has 0 aliphatic carbocycles. The lowest BCUT2D eigenvalue weighted by Gasteiger charge is -2.32. The van der Waals surface area contributed by atoms with E-state index in [9.17, 15) is 9.59 Å². The average Bonchev–Trinajstić information content (AvgIpc) is 2.86. The van der Waals surface area contributed by atoms with Crippen molar-refractivity contribution in [3.8, 4) is 5.75 Å². The molecule has 196 valence electrons. The number of carbonyl (C=O) groups excluding carboxylic acids is 2. The number of aryl methyl sites for hydroxylation is 1.